The number of aliphatic hydroxyl groups excluding tert-OH is 1. The number of aromatic hydroxyl groups is 1. The summed E-state index contributed by atoms with van der Waals surface area (Å²) < 4.78 is 4.84. The van der Waals surface area contributed by atoms with Gasteiger partial charge in [-0.15, -0.1) is 0 Å². The number of aliphatic hydroxyl groups is 1. The first-order valence-electron chi connectivity index (χ1n) is 8.52. The predicted octanol–water partition coefficient (Wildman–Crippen LogP) is 2.73. The third-order valence-corrected chi connectivity index (χ3v) is 4.66. The maximum atomic E-state index is 12.4. The molecular weight excluding hydrogens is 334 g/mol. The number of fused-ring (bicyclic) bond motifs is 1. The lowest BCUT2D eigenvalue weighted by atomic mass is 9.87. The number of methoxy groups -OCH3 is 1. The van der Waals surface area contributed by atoms with E-state index in [1.165, 1.54) is 31.4 Å². The molecule has 0 fully saturated rings. The van der Waals surface area contributed by atoms with Crippen molar-refractivity contribution < 1.29 is 24.5 Å². The fourth-order valence-corrected chi connectivity index (χ4v) is 3.30. The van der Waals surface area contributed by atoms with Gasteiger partial charge in [-0.3, -0.25) is 4.79 Å². The van der Waals surface area contributed by atoms with Gasteiger partial charge in [-0.1, -0.05) is 12.1 Å². The zero-order valence-electron chi connectivity index (χ0n) is 14.5. The fourth-order valence-electron chi connectivity index (χ4n) is 3.30. The topological polar surface area (TPSA) is 95.9 Å². The van der Waals surface area contributed by atoms with Crippen LogP contribution in [0.1, 0.15) is 46.0 Å². The van der Waals surface area contributed by atoms with Crippen molar-refractivity contribution in [3.63, 3.8) is 0 Å². The van der Waals surface area contributed by atoms with Crippen molar-refractivity contribution in [1.29, 1.82) is 0 Å². The zero-order chi connectivity index (χ0) is 18.7. The molecule has 6 heteroatoms. The summed E-state index contributed by atoms with van der Waals surface area (Å²) in [5.41, 5.74) is 3.35. The number of ether oxygens (including phenoxy) is 1. The number of phenolic OH excluding ortho intramolecular Hbond substituents is 1. The highest BCUT2D eigenvalue weighted by atomic mass is 16.5. The Kier molecular flexibility index (Phi) is 5.23. The fraction of sp³-hybridized carbons (Fsp3) is 0.300. The Balaban J connectivity index is 1.86. The number of carbonyl (C=O) groups is 2. The molecule has 0 radical (unpaired) electrons. The molecule has 6 nitrogen and oxygen atoms in total. The highest BCUT2D eigenvalue weighted by Crippen LogP contribution is 2.32. The van der Waals surface area contributed by atoms with Crippen LogP contribution in [0.3, 0.4) is 0 Å². The molecule has 0 spiro atoms. The second kappa shape index (κ2) is 7.58. The number of rotatable bonds is 4. The summed E-state index contributed by atoms with van der Waals surface area (Å²) in [4.78, 5) is 24.4. The average Bonchev–Trinajstić information content (AvgIpc) is 2.67. The minimum Gasteiger partial charge on any atom is -0.508 e. The Labute approximate surface area is 151 Å². The maximum Gasteiger partial charge on any atom is 0.338 e. The summed E-state index contributed by atoms with van der Waals surface area (Å²) in [7, 11) is 1.35. The minimum absolute atomic E-state index is 0.0637. The first-order valence-corrected chi connectivity index (χ1v) is 8.52. The molecular formula is C20H21NO5. The molecule has 1 atom stereocenters. The Morgan fingerprint density at radius 1 is 1.04 bits per heavy atom. The lowest BCUT2D eigenvalue weighted by Crippen LogP contribution is -2.23. The molecule has 3 rings (SSSR count). The Morgan fingerprint density at radius 2 is 1.69 bits per heavy atom. The van der Waals surface area contributed by atoms with Gasteiger partial charge in [0.25, 0.3) is 5.91 Å². The van der Waals surface area contributed by atoms with E-state index in [1.54, 1.807) is 12.1 Å². The van der Waals surface area contributed by atoms with Gasteiger partial charge in [0.2, 0.25) is 0 Å². The number of amides is 1. The molecule has 136 valence electrons. The zero-order valence-corrected chi connectivity index (χ0v) is 14.5. The van der Waals surface area contributed by atoms with Crippen LogP contribution in [0.2, 0.25) is 0 Å². The normalized spacial score (nSPS) is 14.2. The third kappa shape index (κ3) is 3.55. The lowest BCUT2D eigenvalue weighted by Gasteiger charge is -2.23. The molecule has 1 aliphatic rings. The number of carbonyl (C=O) groups excluding carboxylic acids is 2. The van der Waals surface area contributed by atoms with E-state index >= 15 is 0 Å². The second-order valence-corrected chi connectivity index (χ2v) is 6.30. The van der Waals surface area contributed by atoms with Crippen LogP contribution in [-0.4, -0.2) is 29.2 Å². The van der Waals surface area contributed by atoms with E-state index in [9.17, 15) is 19.8 Å². The molecule has 1 aliphatic carbocycles. The van der Waals surface area contributed by atoms with E-state index in [2.05, 4.69) is 5.32 Å². The van der Waals surface area contributed by atoms with Crippen LogP contribution < -0.4 is 5.32 Å². The number of anilines is 1. The van der Waals surface area contributed by atoms with Crippen molar-refractivity contribution in [1.82, 2.24) is 0 Å². The maximum absolute atomic E-state index is 12.4. The third-order valence-electron chi connectivity index (χ3n) is 4.66. The molecule has 1 unspecified atom stereocenters. The second-order valence-electron chi connectivity index (χ2n) is 6.30. The van der Waals surface area contributed by atoms with E-state index in [0.29, 0.717) is 16.8 Å². The van der Waals surface area contributed by atoms with E-state index < -0.39 is 12.0 Å². The van der Waals surface area contributed by atoms with E-state index in [1.807, 2.05) is 0 Å². The molecule has 2 aromatic carbocycles. The van der Waals surface area contributed by atoms with Crippen molar-refractivity contribution in [3.05, 3.63) is 58.7 Å². The molecule has 1 amide bonds. The van der Waals surface area contributed by atoms with Gasteiger partial charge in [-0.25, -0.2) is 4.79 Å². The summed E-state index contributed by atoms with van der Waals surface area (Å²) in [6.45, 7) is 0. The summed E-state index contributed by atoms with van der Waals surface area (Å²) >= 11 is 0. The molecule has 0 heterocycles. The molecule has 0 saturated carbocycles. The van der Waals surface area contributed by atoms with Crippen LogP contribution in [-0.2, 0) is 22.4 Å². The van der Waals surface area contributed by atoms with Gasteiger partial charge >= 0.3 is 5.97 Å². The van der Waals surface area contributed by atoms with Gasteiger partial charge in [0.05, 0.1) is 12.7 Å². The first kappa shape index (κ1) is 17.9. The number of benzene rings is 2. The number of hydrogen-bond acceptors (Lipinski definition) is 5. The average molecular weight is 355 g/mol. The standard InChI is InChI=1S/C20H21NO5/c1-26-20(25)16-10-11-17(15-5-3-2-4-14(15)16)21-19(24)18(23)12-6-8-13(22)9-7-12/h6-11,18,22-23H,2-5H2,1H3,(H,21,24). The monoisotopic (exact) mass is 355 g/mol. The summed E-state index contributed by atoms with van der Waals surface area (Å²) in [5.74, 6) is -0.881. The van der Waals surface area contributed by atoms with Crippen molar-refractivity contribution in [2.45, 2.75) is 31.8 Å². The molecule has 3 N–H and O–H groups in total. The summed E-state index contributed by atoms with van der Waals surface area (Å²) in [6.07, 6.45) is 2.11. The van der Waals surface area contributed by atoms with Crippen LogP contribution in [0.5, 0.6) is 5.75 Å². The van der Waals surface area contributed by atoms with E-state index in [-0.39, 0.29) is 11.7 Å². The number of esters is 1. The highest BCUT2D eigenvalue weighted by Gasteiger charge is 2.24. The minimum atomic E-state index is -1.35. The molecule has 26 heavy (non-hydrogen) atoms. The largest absolute Gasteiger partial charge is 0.508 e. The van der Waals surface area contributed by atoms with Crippen molar-refractivity contribution in [3.8, 4) is 5.75 Å². The van der Waals surface area contributed by atoms with Gasteiger partial charge < -0.3 is 20.3 Å². The van der Waals surface area contributed by atoms with Crippen LogP contribution >= 0.6 is 0 Å². The quantitative estimate of drug-likeness (QED) is 0.733. The van der Waals surface area contributed by atoms with Crippen molar-refractivity contribution >= 4 is 17.6 Å². The van der Waals surface area contributed by atoms with Gasteiger partial charge in [-0.2, -0.15) is 0 Å². The van der Waals surface area contributed by atoms with Crippen molar-refractivity contribution in [2.24, 2.45) is 0 Å². The summed E-state index contributed by atoms with van der Waals surface area (Å²) in [5, 5.41) is 22.3. The number of nitrogens with one attached hydrogen (secondary N) is 1. The first-order chi connectivity index (χ1) is 12.5. The van der Waals surface area contributed by atoms with Crippen LogP contribution in [0.15, 0.2) is 36.4 Å². The van der Waals surface area contributed by atoms with Gasteiger partial charge in [0, 0.05) is 5.69 Å². The number of hydrogen-bond donors (Lipinski definition) is 3. The predicted molar refractivity (Wildman–Crippen MR) is 96.1 cm³/mol. The molecule has 0 bridgehead atoms. The Hall–Kier alpha value is -2.86. The van der Waals surface area contributed by atoms with Gasteiger partial charge in [0.15, 0.2) is 6.10 Å². The van der Waals surface area contributed by atoms with Crippen LogP contribution in [0.4, 0.5) is 5.69 Å². The highest BCUT2D eigenvalue weighted by molar-refractivity contribution is 5.97. The smallest absolute Gasteiger partial charge is 0.338 e. The molecule has 0 aliphatic heterocycles. The molecule has 0 saturated heterocycles. The lowest BCUT2D eigenvalue weighted by molar-refractivity contribution is -0.124. The van der Waals surface area contributed by atoms with Crippen LogP contribution in [0, 0.1) is 0 Å². The van der Waals surface area contributed by atoms with E-state index in [4.69, 9.17) is 4.74 Å². The molecule has 2 aromatic rings. The summed E-state index contributed by atoms with van der Waals surface area (Å²) in [6, 6.07) is 9.15. The van der Waals surface area contributed by atoms with Crippen molar-refractivity contribution in [2.75, 3.05) is 12.4 Å². The SMILES string of the molecule is COC(=O)c1ccc(NC(=O)C(O)c2ccc(O)cc2)c2c1CCCC2. The van der Waals surface area contributed by atoms with E-state index in [0.717, 1.165) is 36.8 Å². The van der Waals surface area contributed by atoms with Crippen LogP contribution in [0.25, 0.3) is 0 Å². The number of phenols is 1. The Morgan fingerprint density at radius 3 is 2.35 bits per heavy atom. The van der Waals surface area contributed by atoms with Gasteiger partial charge in [-0.05, 0) is 66.6 Å². The Bertz CT molecular complexity index is 829. The van der Waals surface area contributed by atoms with Gasteiger partial charge in [0.1, 0.15) is 5.75 Å². The molecule has 0 aromatic heterocycles.